The predicted octanol–water partition coefficient (Wildman–Crippen LogP) is 4.64. The first-order valence-corrected chi connectivity index (χ1v) is 16.9. The molecule has 14 nitrogen and oxygen atoms in total. The molecule has 2 aromatic heterocycles. The Bertz CT molecular complexity index is 1950. The molecule has 0 radical (unpaired) electrons. The van der Waals surface area contributed by atoms with Crippen molar-refractivity contribution < 1.29 is 33.2 Å². The summed E-state index contributed by atoms with van der Waals surface area (Å²) in [6.45, 7) is 9.87. The van der Waals surface area contributed by atoms with Crippen LogP contribution in [0.3, 0.4) is 0 Å². The molecule has 0 fully saturated rings. The lowest BCUT2D eigenvalue weighted by Gasteiger charge is -2.24. The summed E-state index contributed by atoms with van der Waals surface area (Å²) in [6.07, 6.45) is 0.404. The van der Waals surface area contributed by atoms with Crippen LogP contribution < -0.4 is 21.1 Å². The molecule has 1 atom stereocenters. The van der Waals surface area contributed by atoms with E-state index in [1.807, 2.05) is 35.2 Å². The number of benzene rings is 2. The highest BCUT2D eigenvalue weighted by atomic mass is 16.5. The zero-order valence-electron chi connectivity index (χ0n) is 29.3. The molecule has 1 aliphatic rings. The van der Waals surface area contributed by atoms with Crippen molar-refractivity contribution in [3.8, 4) is 22.6 Å². The van der Waals surface area contributed by atoms with E-state index >= 15 is 0 Å². The average molecular weight is 699 g/mol. The maximum absolute atomic E-state index is 13.7. The van der Waals surface area contributed by atoms with Crippen molar-refractivity contribution in [1.29, 1.82) is 0 Å². The van der Waals surface area contributed by atoms with Crippen molar-refractivity contribution in [2.24, 2.45) is 5.41 Å². The van der Waals surface area contributed by atoms with E-state index in [0.29, 0.717) is 47.9 Å². The van der Waals surface area contributed by atoms with Crippen LogP contribution in [0.15, 0.2) is 63.9 Å². The maximum atomic E-state index is 13.7. The van der Waals surface area contributed by atoms with E-state index in [2.05, 4.69) is 20.8 Å². The first-order valence-electron chi connectivity index (χ1n) is 16.9. The molecule has 0 saturated heterocycles. The number of aromatic nitrogens is 3. The summed E-state index contributed by atoms with van der Waals surface area (Å²) >= 11 is 0. The van der Waals surface area contributed by atoms with Gasteiger partial charge in [0.15, 0.2) is 5.76 Å². The first-order chi connectivity index (χ1) is 24.4. The van der Waals surface area contributed by atoms with E-state index in [-0.39, 0.29) is 49.0 Å². The van der Waals surface area contributed by atoms with Gasteiger partial charge in [-0.25, -0.2) is 4.79 Å². The molecule has 3 N–H and O–H groups in total. The van der Waals surface area contributed by atoms with Crippen molar-refractivity contribution in [3.05, 3.63) is 81.6 Å². The van der Waals surface area contributed by atoms with Crippen LogP contribution in [0.1, 0.15) is 68.9 Å². The molecule has 0 aliphatic carbocycles. The Morgan fingerprint density at radius 2 is 1.71 bits per heavy atom. The number of carbonyl (C=O) groups excluding carboxylic acids is 4. The molecular weight excluding hydrogens is 656 g/mol. The number of hydrogen-bond donors (Lipinski definition) is 3. The second-order valence-electron chi connectivity index (χ2n) is 13.0. The number of nitrogens with one attached hydrogen (secondary N) is 3. The quantitative estimate of drug-likeness (QED) is 0.175. The number of amides is 2. The molecule has 4 aromatic rings. The molecule has 268 valence electrons. The smallest absolute Gasteiger partial charge is 0.328 e. The number of esters is 2. The first kappa shape index (κ1) is 36.5. The lowest BCUT2D eigenvalue weighted by atomic mass is 9.96. The van der Waals surface area contributed by atoms with Crippen molar-refractivity contribution in [1.82, 2.24) is 20.4 Å². The maximum Gasteiger partial charge on any atom is 0.328 e. The Morgan fingerprint density at radius 1 is 1.00 bits per heavy atom. The van der Waals surface area contributed by atoms with E-state index in [1.54, 1.807) is 58.9 Å². The van der Waals surface area contributed by atoms with Crippen LogP contribution in [0.5, 0.6) is 0 Å². The number of ether oxygens (including phenoxy) is 2. The fourth-order valence-corrected chi connectivity index (χ4v) is 5.53. The van der Waals surface area contributed by atoms with Crippen molar-refractivity contribution >= 4 is 35.5 Å². The molecule has 1 aliphatic heterocycles. The number of aromatic amines is 1. The highest BCUT2D eigenvalue weighted by Crippen LogP contribution is 2.38. The summed E-state index contributed by atoms with van der Waals surface area (Å²) in [5.41, 5.74) is 1.91. The third kappa shape index (κ3) is 8.69. The van der Waals surface area contributed by atoms with E-state index in [0.717, 1.165) is 5.56 Å². The fourth-order valence-electron chi connectivity index (χ4n) is 5.53. The number of H-pyrrole nitrogens is 1. The molecule has 0 bridgehead atoms. The molecule has 5 rings (SSSR count). The molecule has 3 heterocycles. The Balaban J connectivity index is 1.43. The SMILES string of the molecule is CCOC(=O)CC[C@H](NC(=O)c1ccc(-c2onc3c2CCN(Cc2ccccc2)c2nc(NC(=O)C(C)(C)C)[nH]c(=O)c2-3)cc1)C(=O)OCC. The van der Waals surface area contributed by atoms with Gasteiger partial charge in [0.25, 0.3) is 11.5 Å². The van der Waals surface area contributed by atoms with E-state index < -0.39 is 34.9 Å². The van der Waals surface area contributed by atoms with Gasteiger partial charge in [0.1, 0.15) is 23.1 Å². The minimum Gasteiger partial charge on any atom is -0.466 e. The second kappa shape index (κ2) is 15.8. The van der Waals surface area contributed by atoms with Gasteiger partial charge in [-0.3, -0.25) is 29.5 Å². The summed E-state index contributed by atoms with van der Waals surface area (Å²) in [5, 5.41) is 9.72. The fraction of sp³-hybridized carbons (Fsp3) is 0.378. The average Bonchev–Trinajstić information content (AvgIpc) is 3.44. The van der Waals surface area contributed by atoms with Crippen molar-refractivity contribution in [2.75, 3.05) is 30.0 Å². The predicted molar refractivity (Wildman–Crippen MR) is 189 cm³/mol. The van der Waals surface area contributed by atoms with Gasteiger partial charge in [0.2, 0.25) is 11.9 Å². The zero-order valence-corrected chi connectivity index (χ0v) is 29.3. The Labute approximate surface area is 294 Å². The molecule has 0 unspecified atom stereocenters. The molecule has 0 saturated carbocycles. The number of rotatable bonds is 12. The standard InChI is InChI=1S/C37H42N6O8/c1-6-49-27(44)18-17-26(34(47)50-7-2)38-32(45)24-15-13-23(14-16-24)30-25-19-20-43(21-22-11-9-8-10-12-22)31-28(29(25)42-51-30)33(46)40-36(39-31)41-35(48)37(3,4)5/h8-16,26H,6-7,17-21H2,1-5H3,(H,38,45)(H2,39,40,41,46,48)/t26-/m0/s1. The van der Waals surface area contributed by atoms with Crippen molar-refractivity contribution in [2.45, 2.75) is 66.5 Å². The number of nitrogens with zero attached hydrogens (tertiary/aromatic N) is 3. The number of carbonyl (C=O) groups is 4. The lowest BCUT2D eigenvalue weighted by Crippen LogP contribution is -2.42. The van der Waals surface area contributed by atoms with Gasteiger partial charge in [-0.15, -0.1) is 0 Å². The third-order valence-corrected chi connectivity index (χ3v) is 8.21. The minimum absolute atomic E-state index is 0.0207. The second-order valence-corrected chi connectivity index (χ2v) is 13.0. The Hall–Kier alpha value is -5.79. The number of fused-ring (bicyclic) bond motifs is 3. The van der Waals surface area contributed by atoms with Gasteiger partial charge in [-0.1, -0.05) is 68.4 Å². The molecular formula is C37H42N6O8. The van der Waals surface area contributed by atoms with Crippen LogP contribution in [-0.4, -0.2) is 64.7 Å². The number of anilines is 2. The Kier molecular flexibility index (Phi) is 11.3. The van der Waals surface area contributed by atoms with E-state index in [9.17, 15) is 24.0 Å². The summed E-state index contributed by atoms with van der Waals surface area (Å²) in [6, 6.07) is 15.3. The van der Waals surface area contributed by atoms with Gasteiger partial charge >= 0.3 is 11.9 Å². The van der Waals surface area contributed by atoms with Crippen LogP contribution in [0.25, 0.3) is 22.6 Å². The van der Waals surface area contributed by atoms with Gasteiger partial charge in [0.05, 0.1) is 13.2 Å². The van der Waals surface area contributed by atoms with Gasteiger partial charge in [0, 0.05) is 41.6 Å². The topological polar surface area (TPSA) is 186 Å². The van der Waals surface area contributed by atoms with Gasteiger partial charge in [-0.2, -0.15) is 4.98 Å². The molecule has 2 aromatic carbocycles. The Morgan fingerprint density at radius 3 is 2.37 bits per heavy atom. The normalized spacial score (nSPS) is 12.9. The summed E-state index contributed by atoms with van der Waals surface area (Å²) in [7, 11) is 0. The molecule has 2 amide bonds. The highest BCUT2D eigenvalue weighted by molar-refractivity contribution is 5.97. The third-order valence-electron chi connectivity index (χ3n) is 8.21. The summed E-state index contributed by atoms with van der Waals surface area (Å²) in [4.78, 5) is 73.5. The van der Waals surface area contributed by atoms with E-state index in [4.69, 9.17) is 19.0 Å². The number of hydrogen-bond acceptors (Lipinski definition) is 11. The van der Waals surface area contributed by atoms with Gasteiger partial charge < -0.3 is 24.2 Å². The van der Waals surface area contributed by atoms with E-state index in [1.165, 1.54) is 0 Å². The monoisotopic (exact) mass is 698 g/mol. The van der Waals surface area contributed by atoms with Crippen LogP contribution in [-0.2, 0) is 36.8 Å². The summed E-state index contributed by atoms with van der Waals surface area (Å²) < 4.78 is 15.9. The highest BCUT2D eigenvalue weighted by Gasteiger charge is 2.32. The molecule has 14 heteroatoms. The van der Waals surface area contributed by atoms with Crippen molar-refractivity contribution in [3.63, 3.8) is 0 Å². The van der Waals surface area contributed by atoms with Crippen LogP contribution in [0, 0.1) is 5.41 Å². The zero-order chi connectivity index (χ0) is 36.7. The summed E-state index contributed by atoms with van der Waals surface area (Å²) in [5.74, 6) is -1.15. The van der Waals surface area contributed by atoms with Gasteiger partial charge in [-0.05, 0) is 44.4 Å². The molecule has 51 heavy (non-hydrogen) atoms. The lowest BCUT2D eigenvalue weighted by molar-refractivity contribution is -0.146. The molecule has 0 spiro atoms. The van der Waals surface area contributed by atoms with Crippen LogP contribution in [0.4, 0.5) is 11.8 Å². The van der Waals surface area contributed by atoms with Crippen LogP contribution >= 0.6 is 0 Å². The minimum atomic E-state index is -1.04. The van der Waals surface area contributed by atoms with Crippen LogP contribution in [0.2, 0.25) is 0 Å². The largest absolute Gasteiger partial charge is 0.466 e.